The minimum absolute atomic E-state index is 0.239. The molecule has 0 aliphatic carbocycles. The Kier molecular flexibility index (Phi) is 7.65. The summed E-state index contributed by atoms with van der Waals surface area (Å²) in [6, 6.07) is 14.3. The van der Waals surface area contributed by atoms with Gasteiger partial charge in [0.25, 0.3) is 0 Å². The second kappa shape index (κ2) is 10.6. The first-order valence-corrected chi connectivity index (χ1v) is 10.2. The number of hydrogen-bond donors (Lipinski definition) is 1. The molecule has 0 saturated carbocycles. The Morgan fingerprint density at radius 1 is 1.23 bits per heavy atom. The first-order chi connectivity index (χ1) is 14.5. The fourth-order valence-corrected chi connectivity index (χ4v) is 3.43. The monoisotopic (exact) mass is 412 g/mol. The van der Waals surface area contributed by atoms with Crippen LogP contribution in [0.5, 0.6) is 5.75 Å². The van der Waals surface area contributed by atoms with Crippen molar-refractivity contribution in [2.75, 3.05) is 33.8 Å². The number of ether oxygens (including phenoxy) is 1. The van der Waals surface area contributed by atoms with Crippen LogP contribution in [0.25, 0.3) is 0 Å². The molecule has 0 radical (unpaired) electrons. The van der Waals surface area contributed by atoms with Crippen LogP contribution in [-0.4, -0.2) is 55.5 Å². The highest BCUT2D eigenvalue weighted by molar-refractivity contribution is 5.79. The van der Waals surface area contributed by atoms with Crippen molar-refractivity contribution in [1.82, 2.24) is 15.1 Å². The zero-order chi connectivity index (χ0) is 21.3. The predicted molar refractivity (Wildman–Crippen MR) is 116 cm³/mol. The van der Waals surface area contributed by atoms with Gasteiger partial charge in [0.05, 0.1) is 6.54 Å². The Bertz CT molecular complexity index is 870. The summed E-state index contributed by atoms with van der Waals surface area (Å²) in [4.78, 5) is 20.1. The van der Waals surface area contributed by atoms with E-state index in [2.05, 4.69) is 28.5 Å². The maximum absolute atomic E-state index is 13.0. The number of halogens is 1. The molecule has 1 aliphatic rings. The highest BCUT2D eigenvalue weighted by atomic mass is 19.1. The molecule has 2 aromatic rings. The minimum atomic E-state index is -0.278. The molecule has 0 spiro atoms. The van der Waals surface area contributed by atoms with Gasteiger partial charge in [-0.3, -0.25) is 9.79 Å². The molecule has 0 atom stereocenters. The summed E-state index contributed by atoms with van der Waals surface area (Å²) in [5, 5.41) is 3.36. The van der Waals surface area contributed by atoms with E-state index in [1.165, 1.54) is 12.1 Å². The smallest absolute Gasteiger partial charge is 0.222 e. The van der Waals surface area contributed by atoms with Crippen LogP contribution in [0, 0.1) is 5.82 Å². The summed E-state index contributed by atoms with van der Waals surface area (Å²) in [7, 11) is 3.69. The van der Waals surface area contributed by atoms with Gasteiger partial charge in [0.1, 0.15) is 18.2 Å². The normalized spacial score (nSPS) is 14.2. The number of amides is 1. The van der Waals surface area contributed by atoms with Gasteiger partial charge in [-0.2, -0.15) is 0 Å². The van der Waals surface area contributed by atoms with Crippen LogP contribution in [0.2, 0.25) is 0 Å². The SMILES string of the molecule is CN=C(NCc1cccc(CN2CCCC2=O)c1)N(C)CCOc1ccc(F)cc1. The quantitative estimate of drug-likeness (QED) is 0.535. The van der Waals surface area contributed by atoms with Crippen molar-refractivity contribution < 1.29 is 13.9 Å². The van der Waals surface area contributed by atoms with Gasteiger partial charge in [-0.05, 0) is 41.8 Å². The molecule has 3 rings (SSSR count). The highest BCUT2D eigenvalue weighted by Crippen LogP contribution is 2.15. The summed E-state index contributed by atoms with van der Waals surface area (Å²) in [6.45, 7) is 3.24. The number of carbonyl (C=O) groups excluding carboxylic acids is 1. The lowest BCUT2D eigenvalue weighted by molar-refractivity contribution is -0.128. The number of guanidine groups is 1. The van der Waals surface area contributed by atoms with Crippen LogP contribution in [0.15, 0.2) is 53.5 Å². The molecule has 6 nitrogen and oxygen atoms in total. The third kappa shape index (κ3) is 6.20. The van der Waals surface area contributed by atoms with E-state index < -0.39 is 0 Å². The molecular formula is C23H29FN4O2. The van der Waals surface area contributed by atoms with Crippen LogP contribution in [0.3, 0.4) is 0 Å². The second-order valence-electron chi connectivity index (χ2n) is 7.36. The molecule has 1 aliphatic heterocycles. The van der Waals surface area contributed by atoms with Gasteiger partial charge in [0.2, 0.25) is 5.91 Å². The first kappa shape index (κ1) is 21.6. The number of benzene rings is 2. The van der Waals surface area contributed by atoms with Crippen molar-refractivity contribution in [3.63, 3.8) is 0 Å². The minimum Gasteiger partial charge on any atom is -0.492 e. The van der Waals surface area contributed by atoms with Crippen molar-refractivity contribution in [3.05, 3.63) is 65.5 Å². The number of aliphatic imine (C=N–C) groups is 1. The number of carbonyl (C=O) groups is 1. The fraction of sp³-hybridized carbons (Fsp3) is 0.391. The molecule has 1 amide bonds. The van der Waals surface area contributed by atoms with Gasteiger partial charge in [0, 0.05) is 40.2 Å². The third-order valence-corrected chi connectivity index (χ3v) is 5.07. The molecule has 0 bridgehead atoms. The average molecular weight is 413 g/mol. The van der Waals surface area contributed by atoms with E-state index in [1.807, 2.05) is 22.9 Å². The average Bonchev–Trinajstić information content (AvgIpc) is 3.14. The van der Waals surface area contributed by atoms with Crippen molar-refractivity contribution >= 4 is 11.9 Å². The summed E-state index contributed by atoms with van der Waals surface area (Å²) >= 11 is 0. The molecule has 1 heterocycles. The van der Waals surface area contributed by atoms with Gasteiger partial charge < -0.3 is 19.9 Å². The summed E-state index contributed by atoms with van der Waals surface area (Å²) in [6.07, 6.45) is 1.61. The highest BCUT2D eigenvalue weighted by Gasteiger charge is 2.19. The maximum Gasteiger partial charge on any atom is 0.222 e. The van der Waals surface area contributed by atoms with Gasteiger partial charge in [-0.15, -0.1) is 0 Å². The van der Waals surface area contributed by atoms with E-state index in [9.17, 15) is 9.18 Å². The van der Waals surface area contributed by atoms with Gasteiger partial charge in [0.15, 0.2) is 5.96 Å². The van der Waals surface area contributed by atoms with E-state index in [-0.39, 0.29) is 11.7 Å². The number of nitrogens with one attached hydrogen (secondary N) is 1. The van der Waals surface area contributed by atoms with E-state index in [4.69, 9.17) is 4.74 Å². The topological polar surface area (TPSA) is 57.2 Å². The number of nitrogens with zero attached hydrogens (tertiary/aromatic N) is 3. The van der Waals surface area contributed by atoms with Gasteiger partial charge in [-0.1, -0.05) is 24.3 Å². The lowest BCUT2D eigenvalue weighted by Crippen LogP contribution is -2.40. The Labute approximate surface area is 177 Å². The third-order valence-electron chi connectivity index (χ3n) is 5.07. The van der Waals surface area contributed by atoms with Crippen LogP contribution < -0.4 is 10.1 Å². The standard InChI is InChI=1S/C23H29FN4O2/c1-25-23(27(2)13-14-30-21-10-8-20(24)9-11-21)26-16-18-5-3-6-19(15-18)17-28-12-4-7-22(28)29/h3,5-6,8-11,15H,4,7,12-14,16-17H2,1-2H3,(H,25,26). The second-order valence-corrected chi connectivity index (χ2v) is 7.36. The zero-order valence-corrected chi connectivity index (χ0v) is 17.6. The number of likely N-dealkylation sites (N-methyl/N-ethyl adjacent to an activating group) is 1. The molecule has 7 heteroatoms. The van der Waals surface area contributed by atoms with E-state index in [1.54, 1.807) is 19.2 Å². The van der Waals surface area contributed by atoms with E-state index >= 15 is 0 Å². The van der Waals surface area contributed by atoms with Crippen LogP contribution in [0.1, 0.15) is 24.0 Å². The Morgan fingerprint density at radius 2 is 2.00 bits per heavy atom. The molecule has 0 aromatic heterocycles. The van der Waals surface area contributed by atoms with Gasteiger partial charge in [-0.25, -0.2) is 4.39 Å². The largest absolute Gasteiger partial charge is 0.492 e. The van der Waals surface area contributed by atoms with Crippen LogP contribution in [-0.2, 0) is 17.9 Å². The van der Waals surface area contributed by atoms with Crippen molar-refractivity contribution in [1.29, 1.82) is 0 Å². The molecule has 30 heavy (non-hydrogen) atoms. The van der Waals surface area contributed by atoms with Gasteiger partial charge >= 0.3 is 0 Å². The number of likely N-dealkylation sites (tertiary alicyclic amines) is 1. The van der Waals surface area contributed by atoms with Crippen molar-refractivity contribution in [2.24, 2.45) is 4.99 Å². The number of rotatable bonds is 8. The molecule has 2 aromatic carbocycles. The summed E-state index contributed by atoms with van der Waals surface area (Å²) < 4.78 is 18.6. The lowest BCUT2D eigenvalue weighted by Gasteiger charge is -2.22. The predicted octanol–water partition coefficient (Wildman–Crippen LogP) is 3.03. The molecule has 1 saturated heterocycles. The summed E-state index contributed by atoms with van der Waals surface area (Å²) in [5.41, 5.74) is 2.27. The Balaban J connectivity index is 1.46. The van der Waals surface area contributed by atoms with Crippen molar-refractivity contribution in [2.45, 2.75) is 25.9 Å². The molecule has 0 unspecified atom stereocenters. The van der Waals surface area contributed by atoms with Crippen LogP contribution >= 0.6 is 0 Å². The Hall–Kier alpha value is -3.09. The fourth-order valence-electron chi connectivity index (χ4n) is 3.43. The van der Waals surface area contributed by atoms with E-state index in [0.29, 0.717) is 38.4 Å². The van der Waals surface area contributed by atoms with Crippen molar-refractivity contribution in [3.8, 4) is 5.75 Å². The lowest BCUT2D eigenvalue weighted by atomic mass is 10.1. The molecular weight excluding hydrogens is 383 g/mol. The Morgan fingerprint density at radius 3 is 2.70 bits per heavy atom. The zero-order valence-electron chi connectivity index (χ0n) is 17.6. The molecule has 1 N–H and O–H groups in total. The van der Waals surface area contributed by atoms with Crippen LogP contribution in [0.4, 0.5) is 4.39 Å². The van der Waals surface area contributed by atoms with E-state index in [0.717, 1.165) is 30.1 Å². The molecule has 160 valence electrons. The first-order valence-electron chi connectivity index (χ1n) is 10.2. The molecule has 1 fully saturated rings. The summed E-state index contributed by atoms with van der Waals surface area (Å²) in [5.74, 6) is 1.36. The maximum atomic E-state index is 13.0. The number of hydrogen-bond acceptors (Lipinski definition) is 3.